The van der Waals surface area contributed by atoms with Crippen molar-refractivity contribution in [3.8, 4) is 10.4 Å². The summed E-state index contributed by atoms with van der Waals surface area (Å²) in [4.78, 5) is 7.44. The molecule has 2 aliphatic rings. The summed E-state index contributed by atoms with van der Waals surface area (Å²) in [7, 11) is -3.45. The zero-order valence-corrected chi connectivity index (χ0v) is 15.9. The highest BCUT2D eigenvalue weighted by atomic mass is 32.2. The molecule has 0 saturated carbocycles. The molecule has 140 valence electrons. The maximum atomic E-state index is 13.1. The van der Waals surface area contributed by atoms with Crippen LogP contribution in [0, 0.1) is 0 Å². The number of benzene rings is 1. The lowest BCUT2D eigenvalue weighted by Crippen LogP contribution is -2.36. The highest BCUT2D eigenvalue weighted by molar-refractivity contribution is 7.92. The summed E-state index contributed by atoms with van der Waals surface area (Å²) in [6, 6.07) is 5.50. The average molecular weight is 396 g/mol. The number of hydrogen-bond acceptors (Lipinski definition) is 8. The first-order valence-corrected chi connectivity index (χ1v) is 10.9. The van der Waals surface area contributed by atoms with Gasteiger partial charge in [0, 0.05) is 31.6 Å². The van der Waals surface area contributed by atoms with E-state index in [2.05, 4.69) is 9.88 Å². The van der Waals surface area contributed by atoms with Crippen molar-refractivity contribution in [2.45, 2.75) is 16.6 Å². The number of ether oxygens (including phenoxy) is 2. The van der Waals surface area contributed by atoms with E-state index in [0.717, 1.165) is 29.2 Å². The van der Waals surface area contributed by atoms with Crippen LogP contribution in [0.2, 0.25) is 0 Å². The number of anilines is 2. The Kier molecular flexibility index (Phi) is 4.87. The molecule has 3 heterocycles. The van der Waals surface area contributed by atoms with Gasteiger partial charge in [-0.05, 0) is 30.2 Å². The van der Waals surface area contributed by atoms with E-state index in [4.69, 9.17) is 15.2 Å². The molecular weight excluding hydrogens is 374 g/mol. The average Bonchev–Trinajstić information content (AvgIpc) is 3.34. The van der Waals surface area contributed by atoms with Crippen LogP contribution in [0.25, 0.3) is 10.4 Å². The highest BCUT2D eigenvalue weighted by Gasteiger charge is 2.32. The van der Waals surface area contributed by atoms with Crippen molar-refractivity contribution in [2.75, 3.05) is 50.2 Å². The van der Waals surface area contributed by atoms with Crippen LogP contribution in [0.4, 0.5) is 10.8 Å². The lowest BCUT2D eigenvalue weighted by molar-refractivity contribution is 0.122. The fourth-order valence-electron chi connectivity index (χ4n) is 3.27. The zero-order chi connectivity index (χ0) is 18.1. The largest absolute Gasteiger partial charge is 0.380 e. The molecule has 7 nitrogen and oxygen atoms in total. The smallest absolute Gasteiger partial charge is 0.183 e. The van der Waals surface area contributed by atoms with E-state index in [0.29, 0.717) is 36.3 Å². The molecule has 0 amide bonds. The Labute approximate surface area is 156 Å². The highest BCUT2D eigenvalue weighted by Crippen LogP contribution is 2.35. The number of nitrogen functional groups attached to an aromatic ring is 1. The fraction of sp³-hybridized carbons (Fsp3) is 0.471. The first-order valence-electron chi connectivity index (χ1n) is 8.55. The minimum Gasteiger partial charge on any atom is -0.380 e. The summed E-state index contributed by atoms with van der Waals surface area (Å²) in [6.07, 6.45) is 2.22. The van der Waals surface area contributed by atoms with E-state index < -0.39 is 15.1 Å². The maximum Gasteiger partial charge on any atom is 0.183 e. The molecular formula is C17H21N3O4S2. The van der Waals surface area contributed by atoms with Gasteiger partial charge in [-0.15, -0.1) is 0 Å². The molecule has 26 heavy (non-hydrogen) atoms. The van der Waals surface area contributed by atoms with Crippen molar-refractivity contribution >= 4 is 32.0 Å². The summed E-state index contributed by atoms with van der Waals surface area (Å²) in [6.45, 7) is 3.49. The molecule has 4 rings (SSSR count). The Balaban J connectivity index is 1.79. The molecule has 0 radical (unpaired) electrons. The Hall–Kier alpha value is -1.68. The molecule has 9 heteroatoms. The monoisotopic (exact) mass is 395 g/mol. The second kappa shape index (κ2) is 7.15. The lowest BCUT2D eigenvalue weighted by Gasteiger charge is -2.29. The summed E-state index contributed by atoms with van der Waals surface area (Å²) in [5.41, 5.74) is 7.47. The SMILES string of the molecule is Nc1ncc(-c2cc(N3CCOCC3)cc(S(=O)(=O)[C@@H]3CCOC3)c2)s1. The van der Waals surface area contributed by atoms with Gasteiger partial charge in [-0.25, -0.2) is 13.4 Å². The Bertz CT molecular complexity index is 885. The van der Waals surface area contributed by atoms with Crippen LogP contribution >= 0.6 is 11.3 Å². The molecule has 2 aliphatic heterocycles. The van der Waals surface area contributed by atoms with Crippen molar-refractivity contribution < 1.29 is 17.9 Å². The number of sulfone groups is 1. The summed E-state index contributed by atoms with van der Waals surface area (Å²) >= 11 is 1.35. The standard InChI is InChI=1S/C17H21N3O4S2/c18-17-19-10-16(25-17)12-7-13(20-2-5-23-6-3-20)9-15(8-12)26(21,22)14-1-4-24-11-14/h7-10,14H,1-6,11H2,(H2,18,19)/t14-/m1/s1. The van der Waals surface area contributed by atoms with Crippen LogP contribution in [-0.2, 0) is 19.3 Å². The number of morpholine rings is 1. The predicted molar refractivity (Wildman–Crippen MR) is 101 cm³/mol. The van der Waals surface area contributed by atoms with Crippen LogP contribution in [-0.4, -0.2) is 58.2 Å². The molecule has 0 aliphatic carbocycles. The van der Waals surface area contributed by atoms with Crippen molar-refractivity contribution in [1.82, 2.24) is 4.98 Å². The van der Waals surface area contributed by atoms with E-state index in [1.165, 1.54) is 11.3 Å². The van der Waals surface area contributed by atoms with E-state index in [1.807, 2.05) is 6.07 Å². The molecule has 2 fully saturated rings. The molecule has 2 N–H and O–H groups in total. The summed E-state index contributed by atoms with van der Waals surface area (Å²) in [5, 5.41) is -0.0211. The third kappa shape index (κ3) is 3.44. The van der Waals surface area contributed by atoms with Crippen molar-refractivity contribution in [1.29, 1.82) is 0 Å². The minimum atomic E-state index is -3.45. The lowest BCUT2D eigenvalue weighted by atomic mass is 10.1. The second-order valence-electron chi connectivity index (χ2n) is 6.41. The third-order valence-corrected chi connectivity index (χ3v) is 7.75. The first kappa shape index (κ1) is 17.7. The van der Waals surface area contributed by atoms with Crippen molar-refractivity contribution in [3.63, 3.8) is 0 Å². The third-order valence-electron chi connectivity index (χ3n) is 4.73. The number of nitrogens with zero attached hydrogens (tertiary/aromatic N) is 2. The van der Waals surface area contributed by atoms with E-state index in [9.17, 15) is 8.42 Å². The van der Waals surface area contributed by atoms with Gasteiger partial charge in [0.05, 0.1) is 34.8 Å². The van der Waals surface area contributed by atoms with Gasteiger partial charge in [-0.2, -0.15) is 0 Å². The molecule has 1 aromatic heterocycles. The van der Waals surface area contributed by atoms with E-state index in [1.54, 1.807) is 18.3 Å². The Morgan fingerprint density at radius 2 is 1.96 bits per heavy atom. The zero-order valence-electron chi connectivity index (χ0n) is 14.3. The molecule has 1 aromatic carbocycles. The van der Waals surface area contributed by atoms with Crippen LogP contribution in [0.3, 0.4) is 0 Å². The summed E-state index contributed by atoms with van der Waals surface area (Å²) < 4.78 is 36.9. The summed E-state index contributed by atoms with van der Waals surface area (Å²) in [5.74, 6) is 0. The molecule has 0 unspecified atom stereocenters. The predicted octanol–water partition coefficient (Wildman–Crippen LogP) is 1.79. The number of hydrogen-bond donors (Lipinski definition) is 1. The number of thiazole rings is 1. The van der Waals surface area contributed by atoms with Gasteiger partial charge in [0.15, 0.2) is 15.0 Å². The molecule has 0 bridgehead atoms. The van der Waals surface area contributed by atoms with Gasteiger partial charge in [0.25, 0.3) is 0 Å². The molecule has 2 aromatic rings. The topological polar surface area (TPSA) is 94.7 Å². The van der Waals surface area contributed by atoms with Crippen LogP contribution in [0.1, 0.15) is 6.42 Å². The van der Waals surface area contributed by atoms with Crippen molar-refractivity contribution in [3.05, 3.63) is 24.4 Å². The van der Waals surface area contributed by atoms with Gasteiger partial charge in [0.1, 0.15) is 0 Å². The van der Waals surface area contributed by atoms with Gasteiger partial charge < -0.3 is 20.1 Å². The van der Waals surface area contributed by atoms with E-state index in [-0.39, 0.29) is 6.61 Å². The molecule has 1 atom stereocenters. The number of aromatic nitrogens is 1. The Morgan fingerprint density at radius 1 is 1.15 bits per heavy atom. The fourth-order valence-corrected chi connectivity index (χ4v) is 5.58. The normalized spacial score (nSPS) is 21.2. The second-order valence-corrected chi connectivity index (χ2v) is 9.70. The molecule has 2 saturated heterocycles. The maximum absolute atomic E-state index is 13.1. The van der Waals surface area contributed by atoms with Crippen LogP contribution in [0.5, 0.6) is 0 Å². The van der Waals surface area contributed by atoms with E-state index >= 15 is 0 Å². The van der Waals surface area contributed by atoms with Crippen molar-refractivity contribution in [2.24, 2.45) is 0 Å². The minimum absolute atomic E-state index is 0.257. The Morgan fingerprint density at radius 3 is 2.62 bits per heavy atom. The van der Waals surface area contributed by atoms with Gasteiger partial charge in [-0.1, -0.05) is 11.3 Å². The van der Waals surface area contributed by atoms with Gasteiger partial charge in [0.2, 0.25) is 0 Å². The molecule has 0 spiro atoms. The number of nitrogens with two attached hydrogens (primary N) is 1. The van der Waals surface area contributed by atoms with Crippen LogP contribution in [0.15, 0.2) is 29.3 Å². The van der Waals surface area contributed by atoms with Crippen LogP contribution < -0.4 is 10.6 Å². The quantitative estimate of drug-likeness (QED) is 0.843. The number of rotatable bonds is 4. The van der Waals surface area contributed by atoms with Gasteiger partial charge >= 0.3 is 0 Å². The van der Waals surface area contributed by atoms with Gasteiger partial charge in [-0.3, -0.25) is 0 Å². The first-order chi connectivity index (χ1) is 12.5.